The number of thiophene rings is 1. The number of anilines is 3. The van der Waals surface area contributed by atoms with Gasteiger partial charge in [-0.3, -0.25) is 0 Å². The van der Waals surface area contributed by atoms with Crippen LogP contribution in [0.15, 0.2) is 164 Å². The van der Waals surface area contributed by atoms with Crippen molar-refractivity contribution in [1.29, 1.82) is 0 Å². The first kappa shape index (κ1) is 31.0. The Morgan fingerprint density at radius 2 is 0.963 bits per heavy atom. The molecular formula is C52H41NS. The fraction of sp³-hybridized carbons (Fsp3) is 0.192. The molecule has 0 N–H and O–H groups in total. The van der Waals surface area contributed by atoms with E-state index in [0.717, 1.165) is 23.7 Å². The van der Waals surface area contributed by atoms with E-state index in [2.05, 4.69) is 169 Å². The minimum absolute atomic E-state index is 0.131. The maximum absolute atomic E-state index is 2.62. The highest BCUT2D eigenvalue weighted by Crippen LogP contribution is 2.69. The Morgan fingerprint density at radius 1 is 0.407 bits per heavy atom. The van der Waals surface area contributed by atoms with Crippen LogP contribution >= 0.6 is 11.3 Å². The van der Waals surface area contributed by atoms with Crippen LogP contribution in [0, 0.1) is 23.7 Å². The van der Waals surface area contributed by atoms with Gasteiger partial charge < -0.3 is 4.90 Å². The van der Waals surface area contributed by atoms with Gasteiger partial charge >= 0.3 is 0 Å². The molecule has 1 heterocycles. The summed E-state index contributed by atoms with van der Waals surface area (Å²) < 4.78 is 2.69. The molecule has 4 saturated carbocycles. The molecule has 0 aliphatic heterocycles. The minimum Gasteiger partial charge on any atom is -0.310 e. The number of hydrogen-bond donors (Lipinski definition) is 0. The van der Waals surface area contributed by atoms with Crippen LogP contribution in [0.1, 0.15) is 43.2 Å². The zero-order chi connectivity index (χ0) is 35.4. The van der Waals surface area contributed by atoms with Gasteiger partial charge in [0.2, 0.25) is 0 Å². The Kier molecular flexibility index (Phi) is 6.75. The minimum atomic E-state index is 0.131. The van der Waals surface area contributed by atoms with Gasteiger partial charge in [-0.05, 0) is 155 Å². The predicted molar refractivity (Wildman–Crippen MR) is 228 cm³/mol. The van der Waals surface area contributed by atoms with E-state index in [1.165, 1.54) is 103 Å². The van der Waals surface area contributed by atoms with Crippen molar-refractivity contribution in [2.45, 2.75) is 37.5 Å². The highest BCUT2D eigenvalue weighted by atomic mass is 32.1. The summed E-state index contributed by atoms with van der Waals surface area (Å²) in [5.74, 6) is 3.33. The van der Waals surface area contributed by atoms with Crippen LogP contribution in [0.25, 0.3) is 53.6 Å². The molecule has 13 rings (SSSR count). The number of nitrogens with zero attached hydrogens (tertiary/aromatic N) is 1. The van der Waals surface area contributed by atoms with Crippen molar-refractivity contribution in [1.82, 2.24) is 0 Å². The molecule has 0 saturated heterocycles. The SMILES string of the molecule is c1ccc(-c2ccc(N(c3ccc(-c4ccc5sc6ccccc6c5c4)cc3)c3ccc4c(c3)C3(c5ccccc5-4)C4CC5CC(C4)CC3C5)cc2)cc1. The second kappa shape index (κ2) is 11.8. The molecule has 1 nitrogen and oxygen atoms in total. The van der Waals surface area contributed by atoms with E-state index in [0.29, 0.717) is 0 Å². The first-order valence-electron chi connectivity index (χ1n) is 19.9. The molecule has 5 aliphatic rings. The molecule has 54 heavy (non-hydrogen) atoms. The lowest BCUT2D eigenvalue weighted by Gasteiger charge is -2.61. The molecule has 0 unspecified atom stereocenters. The fourth-order valence-electron chi connectivity index (χ4n) is 11.9. The maximum Gasteiger partial charge on any atom is 0.0465 e. The van der Waals surface area contributed by atoms with Crippen LogP contribution in [0.3, 0.4) is 0 Å². The van der Waals surface area contributed by atoms with Crippen LogP contribution < -0.4 is 4.90 Å². The van der Waals surface area contributed by atoms with Crippen LogP contribution in [0.4, 0.5) is 17.1 Å². The first-order valence-corrected chi connectivity index (χ1v) is 20.7. The van der Waals surface area contributed by atoms with Crippen molar-refractivity contribution in [3.63, 3.8) is 0 Å². The quantitative estimate of drug-likeness (QED) is 0.172. The van der Waals surface area contributed by atoms with Crippen molar-refractivity contribution < 1.29 is 0 Å². The summed E-state index contributed by atoms with van der Waals surface area (Å²) in [6.07, 6.45) is 7.04. The Labute approximate surface area is 321 Å². The monoisotopic (exact) mass is 711 g/mol. The van der Waals surface area contributed by atoms with E-state index in [4.69, 9.17) is 0 Å². The molecule has 8 aromatic rings. The van der Waals surface area contributed by atoms with E-state index in [-0.39, 0.29) is 5.41 Å². The lowest BCUT2D eigenvalue weighted by molar-refractivity contribution is -0.0399. The normalized spacial score (nSPS) is 23.3. The summed E-state index contributed by atoms with van der Waals surface area (Å²) in [5.41, 5.74) is 14.9. The van der Waals surface area contributed by atoms with Crippen LogP contribution in [-0.2, 0) is 5.41 Å². The Bertz CT molecular complexity index is 2690. The van der Waals surface area contributed by atoms with Crippen LogP contribution in [0.5, 0.6) is 0 Å². The first-order chi connectivity index (χ1) is 26.7. The van der Waals surface area contributed by atoms with E-state index in [9.17, 15) is 0 Å². The Balaban J connectivity index is 0.993. The van der Waals surface area contributed by atoms with Crippen molar-refractivity contribution in [2.24, 2.45) is 23.7 Å². The molecule has 1 aromatic heterocycles. The molecule has 5 aliphatic carbocycles. The van der Waals surface area contributed by atoms with Crippen LogP contribution in [0.2, 0.25) is 0 Å². The van der Waals surface area contributed by atoms with Crippen molar-refractivity contribution in [3.05, 3.63) is 175 Å². The third-order valence-electron chi connectivity index (χ3n) is 13.9. The van der Waals surface area contributed by atoms with E-state index < -0.39 is 0 Å². The molecule has 7 aromatic carbocycles. The van der Waals surface area contributed by atoms with Gasteiger partial charge in [0.05, 0.1) is 0 Å². The van der Waals surface area contributed by atoms with Gasteiger partial charge in [0.15, 0.2) is 0 Å². The third kappa shape index (κ3) is 4.50. The number of hydrogen-bond acceptors (Lipinski definition) is 2. The average Bonchev–Trinajstić information content (AvgIpc) is 3.74. The highest BCUT2D eigenvalue weighted by Gasteiger charge is 2.61. The van der Waals surface area contributed by atoms with Gasteiger partial charge in [0, 0.05) is 42.6 Å². The molecular weight excluding hydrogens is 671 g/mol. The lowest BCUT2D eigenvalue weighted by Crippen LogP contribution is -2.55. The third-order valence-corrected chi connectivity index (χ3v) is 15.0. The second-order valence-electron chi connectivity index (χ2n) is 16.6. The standard InChI is InChI=1S/C52H41NS/c1-2-8-35(9-3-1)36-14-19-41(20-15-36)53(42-21-16-37(17-22-42)38-18-25-51-47(31-38)46-11-5-7-13-50(46)54-51)43-23-24-45-44-10-4-6-12-48(44)52(49(45)32-43)39-27-33-26-34(29-39)30-40(52)28-33/h1-25,31-34,39-40H,26-30H2. The summed E-state index contributed by atoms with van der Waals surface area (Å²) in [7, 11) is 0. The Hall–Kier alpha value is -5.44. The van der Waals surface area contributed by atoms with E-state index in [1.807, 2.05) is 11.3 Å². The molecule has 260 valence electrons. The zero-order valence-corrected chi connectivity index (χ0v) is 31.1. The summed E-state index contributed by atoms with van der Waals surface area (Å²) in [5, 5.41) is 2.69. The number of benzene rings is 7. The average molecular weight is 712 g/mol. The predicted octanol–water partition coefficient (Wildman–Crippen LogP) is 14.6. The van der Waals surface area contributed by atoms with Gasteiger partial charge in [-0.1, -0.05) is 109 Å². The van der Waals surface area contributed by atoms with Gasteiger partial charge in [-0.2, -0.15) is 0 Å². The van der Waals surface area contributed by atoms with Gasteiger partial charge in [-0.15, -0.1) is 11.3 Å². The maximum atomic E-state index is 2.62. The van der Waals surface area contributed by atoms with Crippen molar-refractivity contribution >= 4 is 48.6 Å². The zero-order valence-electron chi connectivity index (χ0n) is 30.3. The Morgan fingerprint density at radius 3 is 1.70 bits per heavy atom. The van der Waals surface area contributed by atoms with Crippen molar-refractivity contribution in [3.8, 4) is 33.4 Å². The molecule has 0 atom stereocenters. The summed E-state index contributed by atoms with van der Waals surface area (Å²) >= 11 is 1.88. The van der Waals surface area contributed by atoms with E-state index >= 15 is 0 Å². The van der Waals surface area contributed by atoms with Crippen molar-refractivity contribution in [2.75, 3.05) is 4.90 Å². The van der Waals surface area contributed by atoms with E-state index in [1.54, 1.807) is 11.1 Å². The number of fused-ring (bicyclic) bond motifs is 6. The summed E-state index contributed by atoms with van der Waals surface area (Å²) in [4.78, 5) is 2.50. The topological polar surface area (TPSA) is 3.24 Å². The molecule has 2 heteroatoms. The highest BCUT2D eigenvalue weighted by molar-refractivity contribution is 7.25. The largest absolute Gasteiger partial charge is 0.310 e. The molecule has 4 bridgehead atoms. The molecule has 0 radical (unpaired) electrons. The van der Waals surface area contributed by atoms with Crippen LogP contribution in [-0.4, -0.2) is 0 Å². The molecule has 0 amide bonds. The smallest absolute Gasteiger partial charge is 0.0465 e. The van der Waals surface area contributed by atoms with Gasteiger partial charge in [0.25, 0.3) is 0 Å². The molecule has 1 spiro atoms. The van der Waals surface area contributed by atoms with Gasteiger partial charge in [-0.25, -0.2) is 0 Å². The fourth-order valence-corrected chi connectivity index (χ4v) is 13.0. The lowest BCUT2D eigenvalue weighted by atomic mass is 9.43. The number of rotatable bonds is 5. The summed E-state index contributed by atoms with van der Waals surface area (Å²) in [6, 6.07) is 61.9. The summed E-state index contributed by atoms with van der Waals surface area (Å²) in [6.45, 7) is 0. The second-order valence-corrected chi connectivity index (χ2v) is 17.6. The molecule has 4 fully saturated rings. The van der Waals surface area contributed by atoms with Gasteiger partial charge in [0.1, 0.15) is 0 Å².